The van der Waals surface area contributed by atoms with Crippen LogP contribution < -0.4 is 0 Å². The molecular formula is C16H23IO3. The van der Waals surface area contributed by atoms with E-state index in [1.807, 2.05) is 29.5 Å². The summed E-state index contributed by atoms with van der Waals surface area (Å²) in [5, 5.41) is 0. The molecule has 1 fully saturated rings. The molecule has 0 radical (unpaired) electrons. The normalized spacial score (nSPS) is 24.3. The van der Waals surface area contributed by atoms with Crippen molar-refractivity contribution in [2.75, 3.05) is 0 Å². The van der Waals surface area contributed by atoms with Gasteiger partial charge in [-0.1, -0.05) is 41.2 Å². The van der Waals surface area contributed by atoms with Gasteiger partial charge in [-0.15, -0.1) is 0 Å². The van der Waals surface area contributed by atoms with Crippen molar-refractivity contribution < 1.29 is 14.3 Å². The standard InChI is InChI=1S/C16H23IO3/c1-13(20-16(19)10-11-17)6-3-2-4-7-14-8-5-9-15(14)12-18/h4,7,10-15H,2-3,5-6,8-9H2,1H3/b7-4+,11-10+/t13-,14+,15-/m0/s1. The van der Waals surface area contributed by atoms with E-state index in [9.17, 15) is 9.59 Å². The van der Waals surface area contributed by atoms with E-state index in [0.29, 0.717) is 5.92 Å². The van der Waals surface area contributed by atoms with E-state index >= 15 is 0 Å². The molecule has 0 saturated heterocycles. The number of esters is 1. The van der Waals surface area contributed by atoms with Crippen molar-refractivity contribution in [2.24, 2.45) is 11.8 Å². The number of hydrogen-bond donors (Lipinski definition) is 0. The summed E-state index contributed by atoms with van der Waals surface area (Å²) < 4.78 is 6.86. The Morgan fingerprint density at radius 1 is 1.40 bits per heavy atom. The van der Waals surface area contributed by atoms with Crippen LogP contribution in [0.2, 0.25) is 0 Å². The van der Waals surface area contributed by atoms with Gasteiger partial charge in [0, 0.05) is 12.0 Å². The molecule has 0 N–H and O–H groups in total. The summed E-state index contributed by atoms with van der Waals surface area (Å²) in [5.74, 6) is 0.393. The second-order valence-corrected chi connectivity index (χ2v) is 6.01. The van der Waals surface area contributed by atoms with Crippen molar-refractivity contribution >= 4 is 34.8 Å². The quantitative estimate of drug-likeness (QED) is 0.156. The van der Waals surface area contributed by atoms with Crippen molar-refractivity contribution in [3.63, 3.8) is 0 Å². The average Bonchev–Trinajstić information content (AvgIpc) is 2.86. The van der Waals surface area contributed by atoms with E-state index in [1.54, 1.807) is 4.08 Å². The minimum atomic E-state index is -0.276. The smallest absolute Gasteiger partial charge is 0.331 e. The van der Waals surface area contributed by atoms with E-state index < -0.39 is 0 Å². The Morgan fingerprint density at radius 3 is 2.85 bits per heavy atom. The van der Waals surface area contributed by atoms with Gasteiger partial charge in [-0.05, 0) is 49.0 Å². The van der Waals surface area contributed by atoms with E-state index in [2.05, 4.69) is 12.2 Å². The predicted molar refractivity (Wildman–Crippen MR) is 88.6 cm³/mol. The van der Waals surface area contributed by atoms with Gasteiger partial charge in [0.2, 0.25) is 0 Å². The van der Waals surface area contributed by atoms with Crippen molar-refractivity contribution in [1.29, 1.82) is 0 Å². The molecule has 1 aliphatic carbocycles. The summed E-state index contributed by atoms with van der Waals surface area (Å²) in [4.78, 5) is 22.1. The molecule has 0 unspecified atom stereocenters. The molecule has 1 aliphatic rings. The van der Waals surface area contributed by atoms with Gasteiger partial charge in [0.1, 0.15) is 6.29 Å². The SMILES string of the molecule is C[C@@H](CCC/C=C/[C@@H]1CCC[C@H]1C=O)OC(=O)/C=C/I. The highest BCUT2D eigenvalue weighted by Crippen LogP contribution is 2.31. The molecule has 0 aromatic rings. The fourth-order valence-electron chi connectivity index (χ4n) is 2.57. The summed E-state index contributed by atoms with van der Waals surface area (Å²) in [7, 11) is 0. The van der Waals surface area contributed by atoms with Gasteiger partial charge in [0.05, 0.1) is 6.10 Å². The van der Waals surface area contributed by atoms with Gasteiger partial charge < -0.3 is 9.53 Å². The van der Waals surface area contributed by atoms with Gasteiger partial charge >= 0.3 is 5.97 Å². The number of hydrogen-bond acceptors (Lipinski definition) is 3. The number of ether oxygens (including phenoxy) is 1. The van der Waals surface area contributed by atoms with Gasteiger partial charge in [0.25, 0.3) is 0 Å². The first-order chi connectivity index (χ1) is 9.67. The highest BCUT2D eigenvalue weighted by atomic mass is 127. The van der Waals surface area contributed by atoms with E-state index in [4.69, 9.17) is 4.74 Å². The molecule has 0 aromatic carbocycles. The van der Waals surface area contributed by atoms with Crippen LogP contribution in [0.3, 0.4) is 0 Å². The Labute approximate surface area is 135 Å². The second kappa shape index (κ2) is 10.1. The topological polar surface area (TPSA) is 43.4 Å². The average molecular weight is 390 g/mol. The molecule has 112 valence electrons. The molecule has 20 heavy (non-hydrogen) atoms. The lowest BCUT2D eigenvalue weighted by Crippen LogP contribution is -2.12. The van der Waals surface area contributed by atoms with Gasteiger partial charge in [-0.25, -0.2) is 4.79 Å². The molecule has 0 aliphatic heterocycles. The number of allylic oxidation sites excluding steroid dienone is 2. The largest absolute Gasteiger partial charge is 0.460 e. The molecule has 3 atom stereocenters. The minimum Gasteiger partial charge on any atom is -0.460 e. The zero-order valence-corrected chi connectivity index (χ0v) is 14.1. The molecular weight excluding hydrogens is 367 g/mol. The monoisotopic (exact) mass is 390 g/mol. The van der Waals surface area contributed by atoms with Crippen LogP contribution in [0.15, 0.2) is 22.3 Å². The van der Waals surface area contributed by atoms with Gasteiger partial charge in [-0.2, -0.15) is 0 Å². The Balaban J connectivity index is 2.14. The number of rotatable bonds is 8. The van der Waals surface area contributed by atoms with Crippen molar-refractivity contribution in [1.82, 2.24) is 0 Å². The first kappa shape index (κ1) is 17.4. The molecule has 1 saturated carbocycles. The molecule has 0 bridgehead atoms. The van der Waals surface area contributed by atoms with Crippen molar-refractivity contribution in [2.45, 2.75) is 51.6 Å². The van der Waals surface area contributed by atoms with E-state index in [0.717, 1.165) is 44.8 Å². The van der Waals surface area contributed by atoms with E-state index in [1.165, 1.54) is 6.08 Å². The molecule has 0 spiro atoms. The van der Waals surface area contributed by atoms with Crippen LogP contribution in [-0.4, -0.2) is 18.4 Å². The molecule has 1 rings (SSSR count). The summed E-state index contributed by atoms with van der Waals surface area (Å²) in [6, 6.07) is 0. The number of aldehydes is 1. The van der Waals surface area contributed by atoms with Crippen molar-refractivity contribution in [3.8, 4) is 0 Å². The third-order valence-corrected chi connectivity index (χ3v) is 4.04. The number of unbranched alkanes of at least 4 members (excludes halogenated alkanes) is 1. The fraction of sp³-hybridized carbons (Fsp3) is 0.625. The van der Waals surface area contributed by atoms with Crippen LogP contribution in [-0.2, 0) is 14.3 Å². The number of carbonyl (C=O) groups excluding carboxylic acids is 2. The third-order valence-electron chi connectivity index (χ3n) is 3.68. The summed E-state index contributed by atoms with van der Waals surface area (Å²) in [5.41, 5.74) is 0. The first-order valence-corrected chi connectivity index (χ1v) is 8.51. The van der Waals surface area contributed by atoms with Crippen LogP contribution in [0, 0.1) is 11.8 Å². The zero-order chi connectivity index (χ0) is 14.8. The van der Waals surface area contributed by atoms with Crippen molar-refractivity contribution in [3.05, 3.63) is 22.3 Å². The molecule has 0 amide bonds. The Kier molecular flexibility index (Phi) is 8.82. The third kappa shape index (κ3) is 6.68. The summed E-state index contributed by atoms with van der Waals surface area (Å²) in [6.45, 7) is 1.92. The molecule has 4 heteroatoms. The maximum atomic E-state index is 11.2. The predicted octanol–water partition coefficient (Wildman–Crippen LogP) is 4.21. The second-order valence-electron chi connectivity index (χ2n) is 5.29. The maximum absolute atomic E-state index is 11.2. The lowest BCUT2D eigenvalue weighted by Gasteiger charge is -2.11. The Hall–Kier alpha value is -0.650. The van der Waals surface area contributed by atoms with Crippen LogP contribution in [0.5, 0.6) is 0 Å². The fourth-order valence-corrected chi connectivity index (χ4v) is 2.86. The molecule has 0 heterocycles. The summed E-state index contributed by atoms with van der Waals surface area (Å²) >= 11 is 2.00. The lowest BCUT2D eigenvalue weighted by atomic mass is 9.96. The highest BCUT2D eigenvalue weighted by molar-refractivity contribution is 14.1. The Morgan fingerprint density at radius 2 is 2.15 bits per heavy atom. The minimum absolute atomic E-state index is 0.0438. The van der Waals surface area contributed by atoms with Gasteiger partial charge in [-0.3, -0.25) is 0 Å². The van der Waals surface area contributed by atoms with Gasteiger partial charge in [0.15, 0.2) is 0 Å². The first-order valence-electron chi connectivity index (χ1n) is 7.26. The van der Waals surface area contributed by atoms with Crippen LogP contribution >= 0.6 is 22.6 Å². The summed E-state index contributed by atoms with van der Waals surface area (Å²) in [6.07, 6.45) is 13.0. The van der Waals surface area contributed by atoms with Crippen LogP contribution in [0.4, 0.5) is 0 Å². The maximum Gasteiger partial charge on any atom is 0.331 e. The Bertz CT molecular complexity index is 363. The molecule has 3 nitrogen and oxygen atoms in total. The van der Waals surface area contributed by atoms with E-state index in [-0.39, 0.29) is 18.0 Å². The van der Waals surface area contributed by atoms with Crippen LogP contribution in [0.1, 0.15) is 45.4 Å². The molecule has 0 aromatic heterocycles. The number of carbonyl (C=O) groups is 2. The highest BCUT2D eigenvalue weighted by Gasteiger charge is 2.23. The zero-order valence-electron chi connectivity index (χ0n) is 12.0. The number of halogens is 1. The lowest BCUT2D eigenvalue weighted by molar-refractivity contribution is -0.142. The van der Waals surface area contributed by atoms with Crippen LogP contribution in [0.25, 0.3) is 0 Å².